The zero-order valence-corrected chi connectivity index (χ0v) is 16.4. The van der Waals surface area contributed by atoms with Gasteiger partial charge in [-0.05, 0) is 36.2 Å². The van der Waals surface area contributed by atoms with Gasteiger partial charge in [0.25, 0.3) is 5.91 Å². The zero-order valence-electron chi connectivity index (χ0n) is 16.4. The molecule has 2 heterocycles. The number of hydrogen-bond donors (Lipinski definition) is 1. The number of aromatic nitrogens is 1. The lowest BCUT2D eigenvalue weighted by atomic mass is 10.1. The van der Waals surface area contributed by atoms with Gasteiger partial charge in [0.15, 0.2) is 0 Å². The van der Waals surface area contributed by atoms with Gasteiger partial charge in [-0.1, -0.05) is 12.1 Å². The second kappa shape index (κ2) is 9.21. The Morgan fingerprint density at radius 2 is 1.86 bits per heavy atom. The third-order valence-corrected chi connectivity index (χ3v) is 4.87. The first-order valence-corrected chi connectivity index (χ1v) is 9.44. The number of benzene rings is 1. The summed E-state index contributed by atoms with van der Waals surface area (Å²) in [7, 11) is 1.66. The van der Waals surface area contributed by atoms with Gasteiger partial charge in [0.2, 0.25) is 5.91 Å². The van der Waals surface area contributed by atoms with Crippen LogP contribution in [0.2, 0.25) is 0 Å². The molecule has 2 amide bonds. The van der Waals surface area contributed by atoms with Crippen LogP contribution in [-0.4, -0.2) is 66.4 Å². The topological polar surface area (TPSA) is 74.8 Å². The summed E-state index contributed by atoms with van der Waals surface area (Å²) in [5, 5.41) is 3.35. The van der Waals surface area contributed by atoms with Gasteiger partial charge < -0.3 is 19.9 Å². The quantitative estimate of drug-likeness (QED) is 0.828. The Morgan fingerprint density at radius 1 is 1.11 bits per heavy atom. The first-order valence-electron chi connectivity index (χ1n) is 9.44. The Morgan fingerprint density at radius 3 is 2.57 bits per heavy atom. The molecule has 2 aromatic rings. The minimum absolute atomic E-state index is 0.0486. The van der Waals surface area contributed by atoms with Crippen molar-refractivity contribution in [3.05, 3.63) is 53.9 Å². The largest absolute Gasteiger partial charge is 0.497 e. The van der Waals surface area contributed by atoms with Gasteiger partial charge in [-0.2, -0.15) is 0 Å². The van der Waals surface area contributed by atoms with Crippen LogP contribution in [0.3, 0.4) is 0 Å². The maximum Gasteiger partial charge on any atom is 0.272 e. The molecule has 1 aliphatic heterocycles. The predicted octanol–water partition coefficient (Wildman–Crippen LogP) is 2.05. The minimum atomic E-state index is -0.0975. The fourth-order valence-electron chi connectivity index (χ4n) is 3.22. The summed E-state index contributed by atoms with van der Waals surface area (Å²) in [4.78, 5) is 31.9. The van der Waals surface area contributed by atoms with Crippen LogP contribution in [0.25, 0.3) is 0 Å². The Hall–Kier alpha value is -3.09. The van der Waals surface area contributed by atoms with Crippen LogP contribution >= 0.6 is 0 Å². The fraction of sp³-hybridized carbons (Fsp3) is 0.381. The molecule has 7 heteroatoms. The summed E-state index contributed by atoms with van der Waals surface area (Å²) in [6.45, 7) is 4.50. The molecule has 1 aromatic heterocycles. The van der Waals surface area contributed by atoms with Gasteiger partial charge >= 0.3 is 0 Å². The molecule has 148 valence electrons. The number of methoxy groups -OCH3 is 1. The molecule has 0 radical (unpaired) electrons. The Balaban J connectivity index is 1.55. The molecule has 1 saturated heterocycles. The normalized spacial score (nSPS) is 13.9. The van der Waals surface area contributed by atoms with Crippen molar-refractivity contribution in [2.75, 3.05) is 45.2 Å². The maximum atomic E-state index is 12.7. The van der Waals surface area contributed by atoms with Crippen molar-refractivity contribution in [2.45, 2.75) is 13.3 Å². The molecule has 1 aliphatic rings. The number of nitrogens with zero attached hydrogens (tertiary/aromatic N) is 3. The van der Waals surface area contributed by atoms with Crippen LogP contribution < -0.4 is 10.1 Å². The molecule has 0 saturated carbocycles. The van der Waals surface area contributed by atoms with E-state index in [0.29, 0.717) is 31.9 Å². The summed E-state index contributed by atoms with van der Waals surface area (Å²) in [5.74, 6) is 0.797. The van der Waals surface area contributed by atoms with E-state index in [0.717, 1.165) is 24.4 Å². The summed E-state index contributed by atoms with van der Waals surface area (Å²) in [6, 6.07) is 11.6. The van der Waals surface area contributed by atoms with Gasteiger partial charge in [0, 0.05) is 51.5 Å². The van der Waals surface area contributed by atoms with E-state index in [1.807, 2.05) is 24.3 Å². The van der Waals surface area contributed by atoms with Crippen molar-refractivity contribution in [1.82, 2.24) is 14.8 Å². The van der Waals surface area contributed by atoms with Crippen molar-refractivity contribution < 1.29 is 14.3 Å². The summed E-state index contributed by atoms with van der Waals surface area (Å²) < 4.78 is 5.25. The molecule has 7 nitrogen and oxygen atoms in total. The summed E-state index contributed by atoms with van der Waals surface area (Å²) in [6.07, 6.45) is 2.49. The van der Waals surface area contributed by atoms with Gasteiger partial charge in [-0.3, -0.25) is 14.6 Å². The van der Waals surface area contributed by atoms with Crippen molar-refractivity contribution >= 4 is 17.5 Å². The van der Waals surface area contributed by atoms with Crippen molar-refractivity contribution in [3.8, 4) is 5.75 Å². The number of amides is 2. The number of pyridine rings is 1. The van der Waals surface area contributed by atoms with Gasteiger partial charge in [0.05, 0.1) is 7.11 Å². The second-order valence-corrected chi connectivity index (χ2v) is 6.76. The van der Waals surface area contributed by atoms with Crippen molar-refractivity contribution in [3.63, 3.8) is 0 Å². The number of piperazine rings is 1. The maximum absolute atomic E-state index is 12.7. The van der Waals surface area contributed by atoms with E-state index in [-0.39, 0.29) is 11.8 Å². The predicted molar refractivity (Wildman–Crippen MR) is 108 cm³/mol. The highest BCUT2D eigenvalue weighted by molar-refractivity contribution is 5.93. The lowest BCUT2D eigenvalue weighted by Gasteiger charge is -2.34. The van der Waals surface area contributed by atoms with Gasteiger partial charge in [-0.25, -0.2) is 0 Å². The van der Waals surface area contributed by atoms with Crippen LogP contribution in [0, 0.1) is 0 Å². The number of carbonyl (C=O) groups excluding carboxylic acids is 2. The van der Waals surface area contributed by atoms with Crippen LogP contribution in [0.1, 0.15) is 23.0 Å². The van der Waals surface area contributed by atoms with Crippen LogP contribution in [0.5, 0.6) is 5.75 Å². The van der Waals surface area contributed by atoms with E-state index in [1.54, 1.807) is 36.1 Å². The summed E-state index contributed by atoms with van der Waals surface area (Å²) in [5.41, 5.74) is 2.46. The standard InChI is InChI=1S/C21H26N4O3/c1-16(26)24-10-12-25(13-11-24)21(27)20-15-18(7-9-23-20)22-8-6-17-4-3-5-19(14-17)28-2/h3-5,7,9,14-15H,6,8,10-13H2,1-2H3,(H,22,23). The fourth-order valence-corrected chi connectivity index (χ4v) is 3.22. The van der Waals surface area contributed by atoms with Crippen molar-refractivity contribution in [2.24, 2.45) is 0 Å². The SMILES string of the molecule is COc1cccc(CCNc2ccnc(C(=O)N3CCN(C(C)=O)CC3)c2)c1. The van der Waals surface area contributed by atoms with E-state index in [2.05, 4.69) is 16.4 Å². The van der Waals surface area contributed by atoms with E-state index >= 15 is 0 Å². The number of hydrogen-bond acceptors (Lipinski definition) is 5. The number of ether oxygens (including phenoxy) is 1. The van der Waals surface area contributed by atoms with E-state index in [4.69, 9.17) is 4.74 Å². The van der Waals surface area contributed by atoms with Crippen LogP contribution in [0.15, 0.2) is 42.6 Å². The molecule has 1 N–H and O–H groups in total. The highest BCUT2D eigenvalue weighted by Crippen LogP contribution is 2.15. The van der Waals surface area contributed by atoms with E-state index in [9.17, 15) is 9.59 Å². The average Bonchev–Trinajstić information content (AvgIpc) is 2.73. The first-order chi connectivity index (χ1) is 13.6. The molecule has 28 heavy (non-hydrogen) atoms. The molecular formula is C21H26N4O3. The third-order valence-electron chi connectivity index (χ3n) is 4.87. The Bertz CT molecular complexity index is 832. The average molecular weight is 382 g/mol. The number of anilines is 1. The second-order valence-electron chi connectivity index (χ2n) is 6.76. The molecular weight excluding hydrogens is 356 g/mol. The molecule has 0 atom stereocenters. The van der Waals surface area contributed by atoms with Crippen LogP contribution in [0.4, 0.5) is 5.69 Å². The van der Waals surface area contributed by atoms with Gasteiger partial charge in [-0.15, -0.1) is 0 Å². The van der Waals surface area contributed by atoms with E-state index < -0.39 is 0 Å². The lowest BCUT2D eigenvalue weighted by Crippen LogP contribution is -2.50. The minimum Gasteiger partial charge on any atom is -0.497 e. The van der Waals surface area contributed by atoms with Gasteiger partial charge in [0.1, 0.15) is 11.4 Å². The van der Waals surface area contributed by atoms with E-state index in [1.165, 1.54) is 5.56 Å². The molecule has 0 aliphatic carbocycles. The highest BCUT2D eigenvalue weighted by Gasteiger charge is 2.24. The molecule has 0 unspecified atom stereocenters. The highest BCUT2D eigenvalue weighted by atomic mass is 16.5. The Kier molecular flexibility index (Phi) is 6.47. The molecule has 3 rings (SSSR count). The number of nitrogens with one attached hydrogen (secondary N) is 1. The van der Waals surface area contributed by atoms with Crippen LogP contribution in [-0.2, 0) is 11.2 Å². The third kappa shape index (κ3) is 5.00. The smallest absolute Gasteiger partial charge is 0.272 e. The number of carbonyl (C=O) groups is 2. The molecule has 0 bridgehead atoms. The molecule has 0 spiro atoms. The zero-order chi connectivity index (χ0) is 19.9. The first kappa shape index (κ1) is 19.7. The number of rotatable bonds is 6. The Labute approximate surface area is 165 Å². The molecule has 1 fully saturated rings. The molecule has 1 aromatic carbocycles. The lowest BCUT2D eigenvalue weighted by molar-refractivity contribution is -0.130. The monoisotopic (exact) mass is 382 g/mol. The summed E-state index contributed by atoms with van der Waals surface area (Å²) >= 11 is 0. The van der Waals surface area contributed by atoms with Crippen molar-refractivity contribution in [1.29, 1.82) is 0 Å².